The van der Waals surface area contributed by atoms with Gasteiger partial charge in [0.1, 0.15) is 12.4 Å². The Morgan fingerprint density at radius 2 is 1.77 bits per heavy atom. The second kappa shape index (κ2) is 9.14. The monoisotopic (exact) mass is 435 g/mol. The van der Waals surface area contributed by atoms with Crippen molar-refractivity contribution in [2.75, 3.05) is 17.3 Å². The summed E-state index contributed by atoms with van der Waals surface area (Å²) in [6.07, 6.45) is 5.92. The van der Waals surface area contributed by atoms with Crippen LogP contribution >= 0.6 is 11.8 Å². The molecule has 0 bridgehead atoms. The summed E-state index contributed by atoms with van der Waals surface area (Å²) in [6.45, 7) is 0.420. The SMILES string of the molecule is O=C(CSc1nnc(C2CCCCC2)o1)N1c2ccccc2OC[C@@H]1c1ccccc1. The Labute approximate surface area is 186 Å². The molecule has 1 aromatic heterocycles. The van der Waals surface area contributed by atoms with Gasteiger partial charge < -0.3 is 9.15 Å². The fourth-order valence-electron chi connectivity index (χ4n) is 4.40. The largest absolute Gasteiger partial charge is 0.489 e. The molecule has 0 saturated heterocycles. The molecule has 3 aromatic rings. The van der Waals surface area contributed by atoms with Gasteiger partial charge in [0.15, 0.2) is 0 Å². The summed E-state index contributed by atoms with van der Waals surface area (Å²) in [4.78, 5) is 15.2. The maximum absolute atomic E-state index is 13.4. The summed E-state index contributed by atoms with van der Waals surface area (Å²) in [5.74, 6) is 2.02. The first kappa shape index (κ1) is 20.1. The first-order valence-electron chi connectivity index (χ1n) is 10.8. The van der Waals surface area contributed by atoms with Crippen LogP contribution in [0, 0.1) is 0 Å². The highest BCUT2D eigenvalue weighted by molar-refractivity contribution is 7.99. The standard InChI is InChI=1S/C24H25N3O3S/c28-22(16-31-24-26-25-23(30-24)18-11-5-2-6-12-18)27-19-13-7-8-14-21(19)29-15-20(27)17-9-3-1-4-10-17/h1,3-4,7-10,13-14,18,20H,2,5-6,11-12,15-16H2/t20-/m1/s1. The number of benzene rings is 2. The number of hydrogen-bond donors (Lipinski definition) is 0. The molecular formula is C24H25N3O3S. The van der Waals surface area contributed by atoms with Gasteiger partial charge in [-0.3, -0.25) is 9.69 Å². The number of thioether (sulfide) groups is 1. The molecule has 1 saturated carbocycles. The molecule has 5 rings (SSSR count). The van der Waals surface area contributed by atoms with Crippen molar-refractivity contribution in [2.24, 2.45) is 0 Å². The summed E-state index contributed by atoms with van der Waals surface area (Å²) in [5.41, 5.74) is 1.84. The number of ether oxygens (including phenoxy) is 1. The van der Waals surface area contributed by atoms with Crippen molar-refractivity contribution in [3.8, 4) is 5.75 Å². The summed E-state index contributed by atoms with van der Waals surface area (Å²) < 4.78 is 11.8. The molecule has 1 fully saturated rings. The van der Waals surface area contributed by atoms with Crippen LogP contribution in [0.1, 0.15) is 55.5 Å². The minimum atomic E-state index is -0.176. The van der Waals surface area contributed by atoms with E-state index in [9.17, 15) is 4.79 Å². The van der Waals surface area contributed by atoms with Crippen LogP contribution in [0.15, 0.2) is 64.2 Å². The molecule has 0 N–H and O–H groups in total. The zero-order valence-electron chi connectivity index (χ0n) is 17.3. The molecule has 2 heterocycles. The van der Waals surface area contributed by atoms with Crippen LogP contribution in [0.25, 0.3) is 0 Å². The van der Waals surface area contributed by atoms with Gasteiger partial charge in [0.05, 0.1) is 17.5 Å². The van der Waals surface area contributed by atoms with Gasteiger partial charge in [-0.15, -0.1) is 10.2 Å². The van der Waals surface area contributed by atoms with E-state index in [1.54, 1.807) is 0 Å². The van der Waals surface area contributed by atoms with E-state index in [0.29, 0.717) is 23.6 Å². The zero-order valence-corrected chi connectivity index (χ0v) is 18.1. The van der Waals surface area contributed by atoms with Crippen LogP contribution in [0.4, 0.5) is 5.69 Å². The fourth-order valence-corrected chi connectivity index (χ4v) is 5.03. The van der Waals surface area contributed by atoms with Gasteiger partial charge in [-0.05, 0) is 30.5 Å². The minimum Gasteiger partial charge on any atom is -0.489 e. The molecule has 6 nitrogen and oxygen atoms in total. The molecule has 1 aliphatic carbocycles. The highest BCUT2D eigenvalue weighted by Crippen LogP contribution is 2.40. The minimum absolute atomic E-state index is 0.00739. The van der Waals surface area contributed by atoms with Gasteiger partial charge in [-0.2, -0.15) is 0 Å². The highest BCUT2D eigenvalue weighted by atomic mass is 32.2. The zero-order chi connectivity index (χ0) is 21.0. The average molecular weight is 436 g/mol. The Morgan fingerprint density at radius 1 is 1.00 bits per heavy atom. The third-order valence-corrected chi connectivity index (χ3v) is 6.79. The maximum atomic E-state index is 13.4. The number of anilines is 1. The third-order valence-electron chi connectivity index (χ3n) is 5.98. The van der Waals surface area contributed by atoms with E-state index in [-0.39, 0.29) is 17.7 Å². The summed E-state index contributed by atoms with van der Waals surface area (Å²) in [7, 11) is 0. The van der Waals surface area contributed by atoms with Crippen LogP contribution in [0.5, 0.6) is 5.75 Å². The summed E-state index contributed by atoms with van der Waals surface area (Å²) in [5, 5.41) is 8.89. The van der Waals surface area contributed by atoms with Gasteiger partial charge in [0, 0.05) is 5.92 Å². The molecular weight excluding hydrogens is 410 g/mol. The van der Waals surface area contributed by atoms with Crippen LogP contribution in [-0.2, 0) is 4.79 Å². The lowest BCUT2D eigenvalue weighted by atomic mass is 9.89. The lowest BCUT2D eigenvalue weighted by Crippen LogP contribution is -2.42. The molecule has 2 aromatic carbocycles. The molecule has 2 aliphatic rings. The van der Waals surface area contributed by atoms with E-state index < -0.39 is 0 Å². The Kier molecular flexibility index (Phi) is 5.93. The first-order valence-corrected chi connectivity index (χ1v) is 11.8. The van der Waals surface area contributed by atoms with E-state index in [1.807, 2.05) is 59.5 Å². The Hall–Kier alpha value is -2.80. The van der Waals surface area contributed by atoms with E-state index in [1.165, 1.54) is 31.0 Å². The summed E-state index contributed by atoms with van der Waals surface area (Å²) >= 11 is 1.31. The van der Waals surface area contributed by atoms with Gasteiger partial charge in [-0.25, -0.2) is 0 Å². The summed E-state index contributed by atoms with van der Waals surface area (Å²) in [6, 6.07) is 17.5. The van der Waals surface area contributed by atoms with Crippen LogP contribution in [0.2, 0.25) is 0 Å². The number of amides is 1. The molecule has 1 amide bonds. The quantitative estimate of drug-likeness (QED) is 0.502. The first-order chi connectivity index (χ1) is 15.3. The van der Waals surface area contributed by atoms with Crippen molar-refractivity contribution in [3.05, 3.63) is 66.1 Å². The van der Waals surface area contributed by atoms with Crippen molar-refractivity contribution in [1.82, 2.24) is 10.2 Å². The average Bonchev–Trinajstić information content (AvgIpc) is 3.32. The van der Waals surface area contributed by atoms with Crippen LogP contribution in [0.3, 0.4) is 0 Å². The normalized spacial score (nSPS) is 19.0. The Morgan fingerprint density at radius 3 is 2.61 bits per heavy atom. The number of rotatable bonds is 5. The van der Waals surface area contributed by atoms with Gasteiger partial charge in [0.2, 0.25) is 11.8 Å². The number of carbonyl (C=O) groups is 1. The van der Waals surface area contributed by atoms with Crippen LogP contribution in [-0.4, -0.2) is 28.5 Å². The molecule has 1 atom stereocenters. The molecule has 160 valence electrons. The van der Waals surface area contributed by atoms with Crippen molar-refractivity contribution in [2.45, 2.75) is 49.3 Å². The van der Waals surface area contributed by atoms with E-state index in [2.05, 4.69) is 10.2 Å². The van der Waals surface area contributed by atoms with Crippen molar-refractivity contribution < 1.29 is 13.9 Å². The van der Waals surface area contributed by atoms with Gasteiger partial charge in [-0.1, -0.05) is 73.5 Å². The maximum Gasteiger partial charge on any atom is 0.277 e. The number of carbonyl (C=O) groups excluding carboxylic acids is 1. The van der Waals surface area contributed by atoms with Crippen molar-refractivity contribution in [3.63, 3.8) is 0 Å². The smallest absolute Gasteiger partial charge is 0.277 e. The highest BCUT2D eigenvalue weighted by Gasteiger charge is 2.33. The van der Waals surface area contributed by atoms with Crippen LogP contribution < -0.4 is 9.64 Å². The fraction of sp³-hybridized carbons (Fsp3) is 0.375. The number of hydrogen-bond acceptors (Lipinski definition) is 6. The van der Waals surface area contributed by atoms with Gasteiger partial charge >= 0.3 is 0 Å². The predicted molar refractivity (Wildman–Crippen MR) is 119 cm³/mol. The Balaban J connectivity index is 1.33. The molecule has 1 aliphatic heterocycles. The third kappa shape index (κ3) is 4.32. The van der Waals surface area contributed by atoms with Crippen molar-refractivity contribution >= 4 is 23.4 Å². The van der Waals surface area contributed by atoms with E-state index >= 15 is 0 Å². The van der Waals surface area contributed by atoms with E-state index in [4.69, 9.17) is 9.15 Å². The van der Waals surface area contributed by atoms with Gasteiger partial charge in [0.25, 0.3) is 5.22 Å². The molecule has 7 heteroatoms. The van der Waals surface area contributed by atoms with Crippen molar-refractivity contribution in [1.29, 1.82) is 0 Å². The molecule has 0 radical (unpaired) electrons. The molecule has 0 unspecified atom stereocenters. The second-order valence-electron chi connectivity index (χ2n) is 8.00. The number of para-hydroxylation sites is 2. The predicted octanol–water partition coefficient (Wildman–Crippen LogP) is 5.38. The molecule has 0 spiro atoms. The Bertz CT molecular complexity index is 1030. The topological polar surface area (TPSA) is 68.5 Å². The number of aromatic nitrogens is 2. The lowest BCUT2D eigenvalue weighted by Gasteiger charge is -2.37. The number of nitrogens with zero attached hydrogens (tertiary/aromatic N) is 3. The lowest BCUT2D eigenvalue weighted by molar-refractivity contribution is -0.117. The van der Waals surface area contributed by atoms with E-state index in [0.717, 1.165) is 29.8 Å². The second-order valence-corrected chi connectivity index (χ2v) is 8.93. The number of fused-ring (bicyclic) bond motifs is 1. The molecule has 31 heavy (non-hydrogen) atoms.